The number of aliphatic imine (C=N–C) groups is 1. The van der Waals surface area contributed by atoms with Crippen molar-refractivity contribution in [2.45, 2.75) is 25.8 Å². The van der Waals surface area contributed by atoms with Gasteiger partial charge in [0.2, 0.25) is 5.91 Å². The molecule has 3 N–H and O–H groups in total. The van der Waals surface area contributed by atoms with Crippen LogP contribution in [0.4, 0.5) is 0 Å². The first-order valence-corrected chi connectivity index (χ1v) is 10.8. The summed E-state index contributed by atoms with van der Waals surface area (Å²) < 4.78 is 13.0. The highest BCUT2D eigenvalue weighted by Crippen LogP contribution is 2.32. The predicted octanol–water partition coefficient (Wildman–Crippen LogP) is 2.40. The fraction of sp³-hybridized carbons (Fsp3) is 0.333. The summed E-state index contributed by atoms with van der Waals surface area (Å²) in [5.74, 6) is 0.722. The molecule has 0 bridgehead atoms. The number of carbonyl (C=O) groups is 1. The Labute approximate surface area is 193 Å². The molecule has 0 spiro atoms. The van der Waals surface area contributed by atoms with Crippen LogP contribution in [0.3, 0.4) is 0 Å². The van der Waals surface area contributed by atoms with Gasteiger partial charge in [-0.3, -0.25) is 15.1 Å². The van der Waals surface area contributed by atoms with Gasteiger partial charge in [-0.15, -0.1) is 0 Å². The number of benzene rings is 2. The molecule has 1 aromatic heterocycles. The molecule has 1 heterocycles. The summed E-state index contributed by atoms with van der Waals surface area (Å²) in [7, 11) is 3.21. The van der Waals surface area contributed by atoms with E-state index in [2.05, 4.69) is 44.7 Å². The Balaban J connectivity index is 1.74. The third kappa shape index (κ3) is 7.43. The van der Waals surface area contributed by atoms with Crippen LogP contribution < -0.4 is 15.8 Å². The van der Waals surface area contributed by atoms with Crippen LogP contribution in [0.1, 0.15) is 24.0 Å². The number of carbonyl (C=O) groups excluding carboxylic acids is 1. The normalized spacial score (nSPS) is 11.4. The minimum atomic E-state index is -0.173. The molecule has 3 aromatic rings. The lowest BCUT2D eigenvalue weighted by atomic mass is 9.99. The third-order valence-electron chi connectivity index (χ3n) is 5.02. The lowest BCUT2D eigenvalue weighted by molar-refractivity contribution is -0.119. The largest absolute Gasteiger partial charge is 0.493 e. The van der Waals surface area contributed by atoms with Crippen LogP contribution >= 0.6 is 0 Å². The van der Waals surface area contributed by atoms with Gasteiger partial charge in [-0.2, -0.15) is 5.10 Å². The van der Waals surface area contributed by atoms with Gasteiger partial charge in [0.25, 0.3) is 0 Å². The van der Waals surface area contributed by atoms with Crippen molar-refractivity contribution in [1.29, 1.82) is 0 Å². The maximum absolute atomic E-state index is 12.0. The van der Waals surface area contributed by atoms with Crippen LogP contribution in [0.5, 0.6) is 5.75 Å². The standard InChI is InChI=1S/C24H30N6O3/c1-26-24(25)29-23(31)11-7-18-6-10-21(22(14-18)33-13-3-12-32-2)20-8-4-19(5-9-20)15-30-17-27-16-28-30/h4-6,8-10,14,16-17H,3,7,11-13,15H2,1-2H3,(H3,25,26,29,31). The molecule has 0 unspecified atom stereocenters. The fourth-order valence-corrected chi connectivity index (χ4v) is 3.28. The Morgan fingerprint density at radius 2 is 1.94 bits per heavy atom. The molecule has 2 aromatic carbocycles. The molecule has 0 saturated heterocycles. The maximum atomic E-state index is 12.0. The predicted molar refractivity (Wildman–Crippen MR) is 127 cm³/mol. The lowest BCUT2D eigenvalue weighted by Crippen LogP contribution is -2.36. The number of rotatable bonds is 11. The fourth-order valence-electron chi connectivity index (χ4n) is 3.28. The highest BCUT2D eigenvalue weighted by atomic mass is 16.5. The van der Waals surface area contributed by atoms with Crippen molar-refractivity contribution in [1.82, 2.24) is 20.1 Å². The molecule has 0 aliphatic carbocycles. The van der Waals surface area contributed by atoms with Crippen molar-refractivity contribution < 1.29 is 14.3 Å². The van der Waals surface area contributed by atoms with Gasteiger partial charge >= 0.3 is 0 Å². The van der Waals surface area contributed by atoms with Gasteiger partial charge in [-0.25, -0.2) is 9.67 Å². The van der Waals surface area contributed by atoms with E-state index in [1.54, 1.807) is 18.1 Å². The minimum absolute atomic E-state index is 0.116. The van der Waals surface area contributed by atoms with Gasteiger partial charge in [0.05, 0.1) is 13.2 Å². The summed E-state index contributed by atoms with van der Waals surface area (Å²) in [6.45, 7) is 1.83. The number of nitrogens with two attached hydrogens (primary N) is 1. The minimum Gasteiger partial charge on any atom is -0.493 e. The number of aromatic nitrogens is 3. The summed E-state index contributed by atoms with van der Waals surface area (Å²) in [4.78, 5) is 19.7. The SMILES string of the molecule is CN=C(N)NC(=O)CCc1ccc(-c2ccc(Cn3cncn3)cc2)c(OCCCOC)c1. The van der Waals surface area contributed by atoms with Crippen LogP contribution in [-0.2, 0) is 22.5 Å². The molecule has 3 rings (SSSR count). The van der Waals surface area contributed by atoms with Crippen molar-refractivity contribution in [3.05, 3.63) is 66.2 Å². The monoisotopic (exact) mass is 450 g/mol. The zero-order chi connectivity index (χ0) is 23.5. The molecule has 174 valence electrons. The topological polar surface area (TPSA) is 117 Å². The summed E-state index contributed by atoms with van der Waals surface area (Å²) in [6, 6.07) is 14.3. The molecular weight excluding hydrogens is 420 g/mol. The maximum Gasteiger partial charge on any atom is 0.226 e. The van der Waals surface area contributed by atoms with Gasteiger partial charge < -0.3 is 15.2 Å². The number of nitrogens with zero attached hydrogens (tertiary/aromatic N) is 4. The molecule has 0 radical (unpaired) electrons. The molecule has 0 aliphatic rings. The Morgan fingerprint density at radius 1 is 1.15 bits per heavy atom. The van der Waals surface area contributed by atoms with Crippen molar-refractivity contribution >= 4 is 11.9 Å². The van der Waals surface area contributed by atoms with Crippen LogP contribution in [0.2, 0.25) is 0 Å². The Kier molecular flexibility index (Phi) is 8.96. The number of nitrogens with one attached hydrogen (secondary N) is 1. The van der Waals surface area contributed by atoms with E-state index >= 15 is 0 Å². The van der Waals surface area contributed by atoms with Crippen molar-refractivity contribution in [2.24, 2.45) is 10.7 Å². The number of hydrogen-bond donors (Lipinski definition) is 2. The molecular formula is C24H30N6O3. The zero-order valence-corrected chi connectivity index (χ0v) is 19.0. The number of amides is 1. The first kappa shape index (κ1) is 23.9. The molecule has 9 nitrogen and oxygen atoms in total. The highest BCUT2D eigenvalue weighted by molar-refractivity contribution is 5.96. The smallest absolute Gasteiger partial charge is 0.226 e. The van der Waals surface area contributed by atoms with Crippen molar-refractivity contribution in [3.8, 4) is 16.9 Å². The molecule has 0 fully saturated rings. The molecule has 0 aliphatic heterocycles. The number of hydrogen-bond acceptors (Lipinski definition) is 6. The van der Waals surface area contributed by atoms with E-state index < -0.39 is 0 Å². The Morgan fingerprint density at radius 3 is 2.64 bits per heavy atom. The van der Waals surface area contributed by atoms with Crippen LogP contribution in [0.15, 0.2) is 60.1 Å². The number of aryl methyl sites for hydroxylation is 1. The Hall–Kier alpha value is -3.72. The van der Waals surface area contributed by atoms with Gasteiger partial charge in [0.15, 0.2) is 5.96 Å². The Bertz CT molecular complexity index is 1050. The van der Waals surface area contributed by atoms with E-state index in [9.17, 15) is 4.79 Å². The van der Waals surface area contributed by atoms with Crippen LogP contribution in [0, 0.1) is 0 Å². The first-order chi connectivity index (χ1) is 16.1. The summed E-state index contributed by atoms with van der Waals surface area (Å²) in [5, 5.41) is 6.70. The number of methoxy groups -OCH3 is 1. The molecule has 0 atom stereocenters. The lowest BCUT2D eigenvalue weighted by Gasteiger charge is -2.14. The molecule has 0 saturated carbocycles. The number of guanidine groups is 1. The third-order valence-corrected chi connectivity index (χ3v) is 5.02. The summed E-state index contributed by atoms with van der Waals surface area (Å²) >= 11 is 0. The van der Waals surface area contributed by atoms with Gasteiger partial charge in [0, 0.05) is 39.2 Å². The quantitative estimate of drug-likeness (QED) is 0.263. The molecule has 33 heavy (non-hydrogen) atoms. The van der Waals surface area contributed by atoms with E-state index in [1.165, 1.54) is 13.4 Å². The first-order valence-electron chi connectivity index (χ1n) is 10.8. The molecule has 1 amide bonds. The second kappa shape index (κ2) is 12.4. The van der Waals surface area contributed by atoms with E-state index in [-0.39, 0.29) is 11.9 Å². The second-order valence-electron chi connectivity index (χ2n) is 7.47. The molecule has 9 heteroatoms. The van der Waals surface area contributed by atoms with E-state index in [0.29, 0.717) is 32.6 Å². The van der Waals surface area contributed by atoms with E-state index in [1.807, 2.05) is 18.2 Å². The van der Waals surface area contributed by atoms with Crippen LogP contribution in [0.25, 0.3) is 11.1 Å². The average molecular weight is 451 g/mol. The summed E-state index contributed by atoms with van der Waals surface area (Å²) in [5.41, 5.74) is 9.74. The van der Waals surface area contributed by atoms with Crippen LogP contribution in [-0.4, -0.2) is 54.0 Å². The highest BCUT2D eigenvalue weighted by Gasteiger charge is 2.11. The van der Waals surface area contributed by atoms with Gasteiger partial charge in [-0.05, 0) is 29.2 Å². The average Bonchev–Trinajstić information content (AvgIpc) is 3.34. The second-order valence-corrected chi connectivity index (χ2v) is 7.47. The van der Waals surface area contributed by atoms with E-state index in [0.717, 1.165) is 34.4 Å². The number of ether oxygens (including phenoxy) is 2. The van der Waals surface area contributed by atoms with Gasteiger partial charge in [-0.1, -0.05) is 36.4 Å². The summed E-state index contributed by atoms with van der Waals surface area (Å²) in [6.07, 6.45) is 4.88. The van der Waals surface area contributed by atoms with Gasteiger partial charge in [0.1, 0.15) is 18.4 Å². The van der Waals surface area contributed by atoms with E-state index in [4.69, 9.17) is 15.2 Å². The zero-order valence-electron chi connectivity index (χ0n) is 19.0. The van der Waals surface area contributed by atoms with Crippen molar-refractivity contribution in [3.63, 3.8) is 0 Å². The van der Waals surface area contributed by atoms with Crippen molar-refractivity contribution in [2.75, 3.05) is 27.4 Å².